The predicted molar refractivity (Wildman–Crippen MR) is 122 cm³/mol. The van der Waals surface area contributed by atoms with E-state index in [-0.39, 0.29) is 17.7 Å². The Kier molecular flexibility index (Phi) is 6.55. The zero-order valence-electron chi connectivity index (χ0n) is 17.5. The first kappa shape index (κ1) is 21.2. The molecule has 0 bridgehead atoms. The molecule has 2 heterocycles. The van der Waals surface area contributed by atoms with Crippen LogP contribution in [0.1, 0.15) is 41.2 Å². The van der Waals surface area contributed by atoms with Crippen molar-refractivity contribution >= 4 is 29.2 Å². The SMILES string of the molecule is O=C(Nc1ccccn1)c1cccc(NC(=O)C(c2ccccc2)N2CCCCC2=O)c1. The molecule has 0 radical (unpaired) electrons. The highest BCUT2D eigenvalue weighted by Gasteiger charge is 2.32. The summed E-state index contributed by atoms with van der Waals surface area (Å²) < 4.78 is 0. The summed E-state index contributed by atoms with van der Waals surface area (Å²) >= 11 is 0. The number of aromatic nitrogens is 1. The quantitative estimate of drug-likeness (QED) is 0.620. The number of rotatable bonds is 6. The molecule has 0 spiro atoms. The molecule has 1 aliphatic rings. The standard InChI is InChI=1S/C25H24N4O3/c30-22-14-5-7-16-29(22)23(18-9-2-1-3-10-18)25(32)27-20-12-8-11-19(17-20)24(31)28-21-13-4-6-15-26-21/h1-4,6,8-13,15,17,23H,5,7,14,16H2,(H,27,32)(H,26,28,31). The van der Waals surface area contributed by atoms with Crippen molar-refractivity contribution in [3.8, 4) is 0 Å². The summed E-state index contributed by atoms with van der Waals surface area (Å²) in [5, 5.41) is 5.62. The van der Waals surface area contributed by atoms with Crippen LogP contribution in [-0.2, 0) is 9.59 Å². The number of carbonyl (C=O) groups is 3. The average molecular weight is 428 g/mol. The lowest BCUT2D eigenvalue weighted by molar-refractivity contribution is -0.141. The first-order valence-electron chi connectivity index (χ1n) is 10.6. The second-order valence-corrected chi connectivity index (χ2v) is 7.60. The number of hydrogen-bond acceptors (Lipinski definition) is 4. The minimum absolute atomic E-state index is 0.0243. The molecular formula is C25H24N4O3. The summed E-state index contributed by atoms with van der Waals surface area (Å²) in [5.74, 6) is -0.220. The number of likely N-dealkylation sites (tertiary alicyclic amines) is 1. The van der Waals surface area contributed by atoms with Gasteiger partial charge in [-0.2, -0.15) is 0 Å². The molecule has 3 aromatic rings. The van der Waals surface area contributed by atoms with Gasteiger partial charge in [0.2, 0.25) is 5.91 Å². The number of carbonyl (C=O) groups excluding carboxylic acids is 3. The molecule has 2 N–H and O–H groups in total. The zero-order chi connectivity index (χ0) is 22.3. The molecule has 4 rings (SSSR count). The lowest BCUT2D eigenvalue weighted by Crippen LogP contribution is -2.43. The summed E-state index contributed by atoms with van der Waals surface area (Å²) in [6, 6.07) is 20.5. The number of piperidine rings is 1. The van der Waals surface area contributed by atoms with Crippen LogP contribution in [0.25, 0.3) is 0 Å². The number of nitrogens with one attached hydrogen (secondary N) is 2. The Bertz CT molecular complexity index is 1100. The summed E-state index contributed by atoms with van der Waals surface area (Å²) in [4.78, 5) is 44.2. The summed E-state index contributed by atoms with van der Waals surface area (Å²) in [5.41, 5.74) is 1.62. The van der Waals surface area contributed by atoms with Gasteiger partial charge >= 0.3 is 0 Å². The van der Waals surface area contributed by atoms with Crippen LogP contribution < -0.4 is 10.6 Å². The number of anilines is 2. The third-order valence-electron chi connectivity index (χ3n) is 5.33. The van der Waals surface area contributed by atoms with Crippen LogP contribution in [0.5, 0.6) is 0 Å². The number of nitrogens with zero attached hydrogens (tertiary/aromatic N) is 2. The molecular weight excluding hydrogens is 404 g/mol. The fourth-order valence-corrected chi connectivity index (χ4v) is 3.78. The van der Waals surface area contributed by atoms with Crippen molar-refractivity contribution in [2.45, 2.75) is 25.3 Å². The molecule has 1 saturated heterocycles. The molecule has 0 aliphatic carbocycles. The van der Waals surface area contributed by atoms with Crippen molar-refractivity contribution < 1.29 is 14.4 Å². The number of amides is 3. The molecule has 1 aliphatic heterocycles. The van der Waals surface area contributed by atoms with Crippen LogP contribution in [0, 0.1) is 0 Å². The zero-order valence-corrected chi connectivity index (χ0v) is 17.5. The number of pyridine rings is 1. The topological polar surface area (TPSA) is 91.4 Å². The highest BCUT2D eigenvalue weighted by atomic mass is 16.2. The van der Waals surface area contributed by atoms with Crippen molar-refractivity contribution in [1.82, 2.24) is 9.88 Å². The van der Waals surface area contributed by atoms with E-state index in [2.05, 4.69) is 15.6 Å². The van der Waals surface area contributed by atoms with E-state index < -0.39 is 6.04 Å². The van der Waals surface area contributed by atoms with Gasteiger partial charge in [0.05, 0.1) is 0 Å². The fraction of sp³-hybridized carbons (Fsp3) is 0.200. The maximum atomic E-state index is 13.3. The Morgan fingerprint density at radius 3 is 2.47 bits per heavy atom. The van der Waals surface area contributed by atoms with Crippen molar-refractivity contribution in [3.05, 3.63) is 90.1 Å². The molecule has 1 fully saturated rings. The predicted octanol–water partition coefficient (Wildman–Crippen LogP) is 4.03. The van der Waals surface area contributed by atoms with Crippen molar-refractivity contribution in [3.63, 3.8) is 0 Å². The van der Waals surface area contributed by atoms with E-state index in [9.17, 15) is 14.4 Å². The van der Waals surface area contributed by atoms with Crippen LogP contribution in [0.2, 0.25) is 0 Å². The van der Waals surface area contributed by atoms with Gasteiger partial charge in [0, 0.05) is 30.4 Å². The Balaban J connectivity index is 1.54. The van der Waals surface area contributed by atoms with Gasteiger partial charge in [0.15, 0.2) is 0 Å². The smallest absolute Gasteiger partial charge is 0.256 e. The number of hydrogen-bond donors (Lipinski definition) is 2. The highest BCUT2D eigenvalue weighted by Crippen LogP contribution is 2.27. The van der Waals surface area contributed by atoms with Gasteiger partial charge in [0.1, 0.15) is 11.9 Å². The maximum Gasteiger partial charge on any atom is 0.256 e. The fourth-order valence-electron chi connectivity index (χ4n) is 3.78. The molecule has 7 heteroatoms. The van der Waals surface area contributed by atoms with Crippen LogP contribution in [-0.4, -0.2) is 34.2 Å². The van der Waals surface area contributed by atoms with Gasteiger partial charge in [-0.3, -0.25) is 14.4 Å². The first-order valence-corrected chi connectivity index (χ1v) is 10.6. The van der Waals surface area contributed by atoms with E-state index in [1.165, 1.54) is 0 Å². The first-order chi connectivity index (χ1) is 15.6. The third-order valence-corrected chi connectivity index (χ3v) is 5.33. The molecule has 1 aromatic heterocycles. The normalized spacial score (nSPS) is 14.5. The van der Waals surface area contributed by atoms with E-state index in [1.54, 1.807) is 53.6 Å². The minimum Gasteiger partial charge on any atom is -0.327 e. The van der Waals surface area contributed by atoms with Crippen LogP contribution >= 0.6 is 0 Å². The van der Waals surface area contributed by atoms with E-state index in [4.69, 9.17) is 0 Å². The van der Waals surface area contributed by atoms with Crippen molar-refractivity contribution in [2.75, 3.05) is 17.2 Å². The average Bonchev–Trinajstić information content (AvgIpc) is 2.82. The summed E-state index contributed by atoms with van der Waals surface area (Å²) in [6.45, 7) is 0.540. The Hall–Kier alpha value is -4.00. The summed E-state index contributed by atoms with van der Waals surface area (Å²) in [7, 11) is 0. The van der Waals surface area contributed by atoms with Gasteiger partial charge in [-0.15, -0.1) is 0 Å². The van der Waals surface area contributed by atoms with Crippen molar-refractivity contribution in [1.29, 1.82) is 0 Å². The molecule has 1 unspecified atom stereocenters. The summed E-state index contributed by atoms with van der Waals surface area (Å²) in [6.07, 6.45) is 3.75. The van der Waals surface area contributed by atoms with Crippen LogP contribution in [0.3, 0.4) is 0 Å². The lowest BCUT2D eigenvalue weighted by Gasteiger charge is -2.34. The molecule has 3 amide bonds. The lowest BCUT2D eigenvalue weighted by atomic mass is 10.0. The molecule has 7 nitrogen and oxygen atoms in total. The second-order valence-electron chi connectivity index (χ2n) is 7.60. The van der Waals surface area contributed by atoms with E-state index in [1.807, 2.05) is 30.3 Å². The second kappa shape index (κ2) is 9.87. The molecule has 1 atom stereocenters. The van der Waals surface area contributed by atoms with E-state index >= 15 is 0 Å². The van der Waals surface area contributed by atoms with Crippen LogP contribution in [0.15, 0.2) is 79.0 Å². The van der Waals surface area contributed by atoms with Gasteiger partial charge < -0.3 is 15.5 Å². The highest BCUT2D eigenvalue weighted by molar-refractivity contribution is 6.05. The van der Waals surface area contributed by atoms with Gasteiger partial charge in [-0.1, -0.05) is 42.5 Å². The van der Waals surface area contributed by atoms with Gasteiger partial charge in [-0.25, -0.2) is 4.98 Å². The molecule has 162 valence electrons. The Morgan fingerprint density at radius 1 is 0.906 bits per heavy atom. The van der Waals surface area contributed by atoms with Crippen molar-refractivity contribution in [2.24, 2.45) is 0 Å². The molecule has 2 aromatic carbocycles. The van der Waals surface area contributed by atoms with Gasteiger partial charge in [-0.05, 0) is 48.7 Å². The van der Waals surface area contributed by atoms with Crippen LogP contribution in [0.4, 0.5) is 11.5 Å². The largest absolute Gasteiger partial charge is 0.327 e. The Labute approximate surface area is 186 Å². The Morgan fingerprint density at radius 2 is 1.72 bits per heavy atom. The van der Waals surface area contributed by atoms with Gasteiger partial charge in [0.25, 0.3) is 11.8 Å². The molecule has 32 heavy (non-hydrogen) atoms. The minimum atomic E-state index is -0.727. The number of benzene rings is 2. The van der Waals surface area contributed by atoms with E-state index in [0.717, 1.165) is 18.4 Å². The molecule has 0 saturated carbocycles. The maximum absolute atomic E-state index is 13.3. The monoisotopic (exact) mass is 428 g/mol. The third kappa shape index (κ3) is 5.00. The van der Waals surface area contributed by atoms with E-state index in [0.29, 0.717) is 30.0 Å².